The van der Waals surface area contributed by atoms with Crippen molar-refractivity contribution < 1.29 is 4.79 Å². The van der Waals surface area contributed by atoms with Crippen LogP contribution in [0.5, 0.6) is 0 Å². The van der Waals surface area contributed by atoms with E-state index in [1.165, 1.54) is 11.3 Å². The first-order chi connectivity index (χ1) is 9.20. The van der Waals surface area contributed by atoms with Gasteiger partial charge in [0.2, 0.25) is 10.1 Å². The first-order valence-electron chi connectivity index (χ1n) is 5.99. The fourth-order valence-electron chi connectivity index (χ4n) is 1.53. The lowest BCUT2D eigenvalue weighted by molar-refractivity contribution is 0.0939. The summed E-state index contributed by atoms with van der Waals surface area (Å²) in [6.07, 6.45) is 3.40. The summed E-state index contributed by atoms with van der Waals surface area (Å²) in [6.45, 7) is 4.63. The van der Waals surface area contributed by atoms with E-state index in [9.17, 15) is 4.79 Å². The molecule has 0 aliphatic rings. The lowest BCUT2D eigenvalue weighted by Gasteiger charge is -2.12. The summed E-state index contributed by atoms with van der Waals surface area (Å²) in [5, 5.41) is 14.7. The van der Waals surface area contributed by atoms with Crippen molar-refractivity contribution in [2.75, 3.05) is 11.9 Å². The van der Waals surface area contributed by atoms with Crippen molar-refractivity contribution in [3.63, 3.8) is 0 Å². The minimum absolute atomic E-state index is 0.0954. The van der Waals surface area contributed by atoms with Gasteiger partial charge in [-0.3, -0.25) is 9.78 Å². The molecule has 0 aromatic carbocycles. The highest BCUT2D eigenvalue weighted by Gasteiger charge is 2.15. The minimum atomic E-state index is -0.217. The zero-order chi connectivity index (χ0) is 13.7. The molecule has 7 heteroatoms. The average Bonchev–Trinajstić information content (AvgIpc) is 2.89. The first kappa shape index (κ1) is 13.4. The van der Waals surface area contributed by atoms with Crippen molar-refractivity contribution in [3.8, 4) is 0 Å². The van der Waals surface area contributed by atoms with Crippen LogP contribution in [0.25, 0.3) is 0 Å². The third kappa shape index (κ3) is 3.47. The molecule has 100 valence electrons. The topological polar surface area (TPSA) is 79.8 Å². The standard InChI is InChI=1S/C12H15N5OS/c1-3-14-12-17-16-11(19-12)10(18)15-8(2)9-4-6-13-7-5-9/h4-8H,3H2,1-2H3,(H,14,17)(H,15,18). The van der Waals surface area contributed by atoms with Gasteiger partial charge in [-0.25, -0.2) is 0 Å². The third-order valence-electron chi connectivity index (χ3n) is 2.50. The van der Waals surface area contributed by atoms with Crippen LogP contribution in [0.15, 0.2) is 24.5 Å². The highest BCUT2D eigenvalue weighted by molar-refractivity contribution is 7.17. The Labute approximate surface area is 115 Å². The Morgan fingerprint density at radius 1 is 1.37 bits per heavy atom. The summed E-state index contributed by atoms with van der Waals surface area (Å²) in [6, 6.07) is 3.64. The summed E-state index contributed by atoms with van der Waals surface area (Å²) in [5.41, 5.74) is 1.000. The first-order valence-corrected chi connectivity index (χ1v) is 6.80. The highest BCUT2D eigenvalue weighted by atomic mass is 32.1. The maximum absolute atomic E-state index is 12.0. The van der Waals surface area contributed by atoms with Gasteiger partial charge in [-0.15, -0.1) is 10.2 Å². The summed E-state index contributed by atoms with van der Waals surface area (Å²) in [5.74, 6) is -0.217. The van der Waals surface area contributed by atoms with Gasteiger partial charge in [-0.05, 0) is 31.5 Å². The number of carbonyl (C=O) groups is 1. The zero-order valence-corrected chi connectivity index (χ0v) is 11.6. The van der Waals surface area contributed by atoms with Crippen LogP contribution in [-0.2, 0) is 0 Å². The SMILES string of the molecule is CCNc1nnc(C(=O)NC(C)c2ccncc2)s1. The second kappa shape index (κ2) is 6.24. The number of anilines is 1. The van der Waals surface area contributed by atoms with Crippen LogP contribution in [0, 0.1) is 0 Å². The van der Waals surface area contributed by atoms with Crippen LogP contribution in [0.3, 0.4) is 0 Å². The van der Waals surface area contributed by atoms with E-state index >= 15 is 0 Å². The number of pyridine rings is 1. The van der Waals surface area contributed by atoms with Crippen LogP contribution in [0.4, 0.5) is 5.13 Å². The molecular weight excluding hydrogens is 262 g/mol. The Kier molecular flexibility index (Phi) is 4.40. The van der Waals surface area contributed by atoms with Gasteiger partial charge in [-0.2, -0.15) is 0 Å². The molecule has 2 N–H and O–H groups in total. The maximum atomic E-state index is 12.0. The summed E-state index contributed by atoms with van der Waals surface area (Å²) >= 11 is 1.25. The van der Waals surface area contributed by atoms with Crippen molar-refractivity contribution >= 4 is 22.4 Å². The Hall–Kier alpha value is -2.02. The fraction of sp³-hybridized carbons (Fsp3) is 0.333. The van der Waals surface area contributed by atoms with Crippen molar-refractivity contribution in [2.24, 2.45) is 0 Å². The van der Waals surface area contributed by atoms with Crippen molar-refractivity contribution in [1.29, 1.82) is 0 Å². The predicted octanol–water partition coefficient (Wildman–Crippen LogP) is 1.86. The zero-order valence-electron chi connectivity index (χ0n) is 10.8. The van der Waals surface area contributed by atoms with Crippen LogP contribution in [0.2, 0.25) is 0 Å². The number of nitrogens with one attached hydrogen (secondary N) is 2. The Morgan fingerprint density at radius 2 is 2.11 bits per heavy atom. The van der Waals surface area contributed by atoms with Gasteiger partial charge in [0.15, 0.2) is 0 Å². The van der Waals surface area contributed by atoms with Crippen LogP contribution in [0.1, 0.15) is 35.3 Å². The van der Waals surface area contributed by atoms with Gasteiger partial charge in [0, 0.05) is 18.9 Å². The molecule has 2 heterocycles. The summed E-state index contributed by atoms with van der Waals surface area (Å²) in [7, 11) is 0. The number of carbonyl (C=O) groups excluding carboxylic acids is 1. The van der Waals surface area contributed by atoms with Gasteiger partial charge in [-0.1, -0.05) is 11.3 Å². The smallest absolute Gasteiger partial charge is 0.282 e. The van der Waals surface area contributed by atoms with E-state index in [1.807, 2.05) is 26.0 Å². The normalized spacial score (nSPS) is 11.9. The van der Waals surface area contributed by atoms with Gasteiger partial charge in [0.05, 0.1) is 6.04 Å². The maximum Gasteiger partial charge on any atom is 0.282 e. The molecule has 6 nitrogen and oxygen atoms in total. The fourth-order valence-corrected chi connectivity index (χ4v) is 2.25. The molecule has 0 saturated heterocycles. The van der Waals surface area contributed by atoms with Gasteiger partial charge in [0.1, 0.15) is 0 Å². The Bertz CT molecular complexity index is 542. The number of hydrogen-bond acceptors (Lipinski definition) is 6. The Morgan fingerprint density at radius 3 is 2.79 bits per heavy atom. The number of amides is 1. The quantitative estimate of drug-likeness (QED) is 0.872. The van der Waals surface area contributed by atoms with Crippen molar-refractivity contribution in [2.45, 2.75) is 19.9 Å². The summed E-state index contributed by atoms with van der Waals surface area (Å²) in [4.78, 5) is 15.9. The Balaban J connectivity index is 2.00. The van der Waals surface area contributed by atoms with E-state index in [2.05, 4.69) is 25.8 Å². The van der Waals surface area contributed by atoms with Crippen molar-refractivity contribution in [3.05, 3.63) is 35.1 Å². The average molecular weight is 277 g/mol. The minimum Gasteiger partial charge on any atom is -0.360 e. The molecule has 0 spiro atoms. The van der Waals surface area contributed by atoms with Gasteiger partial charge in [0.25, 0.3) is 5.91 Å². The molecule has 1 atom stereocenters. The molecule has 0 radical (unpaired) electrons. The van der Waals surface area contributed by atoms with Gasteiger partial charge >= 0.3 is 0 Å². The molecular formula is C12H15N5OS. The summed E-state index contributed by atoms with van der Waals surface area (Å²) < 4.78 is 0. The molecule has 1 unspecified atom stereocenters. The lowest BCUT2D eigenvalue weighted by Crippen LogP contribution is -2.26. The lowest BCUT2D eigenvalue weighted by atomic mass is 10.1. The van der Waals surface area contributed by atoms with Crippen LogP contribution in [-0.4, -0.2) is 27.6 Å². The molecule has 0 saturated carbocycles. The third-order valence-corrected chi connectivity index (χ3v) is 3.38. The van der Waals surface area contributed by atoms with E-state index in [-0.39, 0.29) is 11.9 Å². The number of aromatic nitrogens is 3. The number of hydrogen-bond donors (Lipinski definition) is 2. The molecule has 0 bridgehead atoms. The monoisotopic (exact) mass is 277 g/mol. The highest BCUT2D eigenvalue weighted by Crippen LogP contribution is 2.16. The number of rotatable bonds is 5. The predicted molar refractivity (Wildman–Crippen MR) is 74.2 cm³/mol. The molecule has 2 aromatic rings. The van der Waals surface area contributed by atoms with Crippen LogP contribution < -0.4 is 10.6 Å². The van der Waals surface area contributed by atoms with Crippen LogP contribution >= 0.6 is 11.3 Å². The van der Waals surface area contributed by atoms with E-state index in [0.717, 1.165) is 12.1 Å². The van der Waals surface area contributed by atoms with E-state index in [1.54, 1.807) is 12.4 Å². The molecule has 2 aromatic heterocycles. The molecule has 0 aliphatic heterocycles. The molecule has 0 fully saturated rings. The second-order valence-corrected chi connectivity index (χ2v) is 4.90. The molecule has 0 aliphatic carbocycles. The van der Waals surface area contributed by atoms with E-state index in [0.29, 0.717) is 10.1 Å². The largest absolute Gasteiger partial charge is 0.360 e. The number of nitrogens with zero attached hydrogens (tertiary/aromatic N) is 3. The van der Waals surface area contributed by atoms with E-state index < -0.39 is 0 Å². The second-order valence-electron chi connectivity index (χ2n) is 3.92. The van der Waals surface area contributed by atoms with Gasteiger partial charge < -0.3 is 10.6 Å². The molecule has 1 amide bonds. The molecule has 2 rings (SSSR count). The molecule has 19 heavy (non-hydrogen) atoms. The van der Waals surface area contributed by atoms with Crippen molar-refractivity contribution in [1.82, 2.24) is 20.5 Å². The van der Waals surface area contributed by atoms with E-state index in [4.69, 9.17) is 0 Å².